The van der Waals surface area contributed by atoms with Crippen LogP contribution < -0.4 is 5.32 Å². The summed E-state index contributed by atoms with van der Waals surface area (Å²) in [5, 5.41) is 3.41. The summed E-state index contributed by atoms with van der Waals surface area (Å²) < 4.78 is 5.35. The van der Waals surface area contributed by atoms with Crippen LogP contribution in [0.2, 0.25) is 5.02 Å². The van der Waals surface area contributed by atoms with E-state index in [0.29, 0.717) is 17.3 Å². The zero-order valence-corrected chi connectivity index (χ0v) is 12.4. The Morgan fingerprint density at radius 1 is 1.14 bits per heavy atom. The molecular formula is C17H13ClN2O2. The van der Waals surface area contributed by atoms with Gasteiger partial charge >= 0.3 is 0 Å². The van der Waals surface area contributed by atoms with Gasteiger partial charge in [0.1, 0.15) is 0 Å². The highest BCUT2D eigenvalue weighted by atomic mass is 35.5. The molecule has 110 valence electrons. The number of benzene rings is 2. The predicted molar refractivity (Wildman–Crippen MR) is 84.6 cm³/mol. The van der Waals surface area contributed by atoms with Crippen LogP contribution in [-0.4, -0.2) is 10.9 Å². The first-order chi connectivity index (χ1) is 10.7. The maximum absolute atomic E-state index is 12.3. The lowest BCUT2D eigenvalue weighted by atomic mass is 10.1. The Morgan fingerprint density at radius 3 is 2.73 bits per heavy atom. The number of halogens is 1. The van der Waals surface area contributed by atoms with E-state index in [1.54, 1.807) is 18.2 Å². The summed E-state index contributed by atoms with van der Waals surface area (Å²) in [6, 6.07) is 16.8. The fourth-order valence-electron chi connectivity index (χ4n) is 2.10. The van der Waals surface area contributed by atoms with Crippen LogP contribution in [0.1, 0.15) is 16.1 Å². The van der Waals surface area contributed by atoms with Gasteiger partial charge in [0.15, 0.2) is 17.8 Å². The molecule has 0 bridgehead atoms. The summed E-state index contributed by atoms with van der Waals surface area (Å²) in [6.07, 6.45) is 1.26. The van der Waals surface area contributed by atoms with Gasteiger partial charge in [-0.3, -0.25) is 4.79 Å². The van der Waals surface area contributed by atoms with Crippen molar-refractivity contribution in [1.29, 1.82) is 0 Å². The van der Waals surface area contributed by atoms with E-state index in [9.17, 15) is 4.79 Å². The number of hydrogen-bond donors (Lipinski definition) is 1. The zero-order chi connectivity index (χ0) is 15.4. The number of nitrogens with one attached hydrogen (secondary N) is 1. The van der Waals surface area contributed by atoms with Crippen molar-refractivity contribution in [3.8, 4) is 11.3 Å². The van der Waals surface area contributed by atoms with E-state index >= 15 is 0 Å². The standard InChI is InChI=1S/C17H13ClN2O2/c18-14-8-4-7-13(9-14)16-15(20-11-22-16)17(21)19-10-12-5-2-1-3-6-12/h1-9,11H,10H2,(H,19,21). The Morgan fingerprint density at radius 2 is 1.95 bits per heavy atom. The lowest BCUT2D eigenvalue weighted by Gasteiger charge is -2.05. The van der Waals surface area contributed by atoms with Gasteiger partial charge in [0.25, 0.3) is 5.91 Å². The number of hydrogen-bond acceptors (Lipinski definition) is 3. The predicted octanol–water partition coefficient (Wildman–Crippen LogP) is 3.93. The lowest BCUT2D eigenvalue weighted by Crippen LogP contribution is -2.23. The van der Waals surface area contributed by atoms with Crippen LogP contribution in [-0.2, 0) is 6.54 Å². The van der Waals surface area contributed by atoms with Crippen LogP contribution in [0.3, 0.4) is 0 Å². The average molecular weight is 313 g/mol. The molecule has 2 aromatic carbocycles. The van der Waals surface area contributed by atoms with Gasteiger partial charge in [0, 0.05) is 17.1 Å². The smallest absolute Gasteiger partial charge is 0.274 e. The third-order valence-electron chi connectivity index (χ3n) is 3.17. The van der Waals surface area contributed by atoms with Crippen molar-refractivity contribution in [3.05, 3.63) is 77.3 Å². The van der Waals surface area contributed by atoms with Gasteiger partial charge in [-0.15, -0.1) is 0 Å². The van der Waals surface area contributed by atoms with Gasteiger partial charge in [-0.25, -0.2) is 4.98 Å². The second-order valence-corrected chi connectivity index (χ2v) is 5.15. The van der Waals surface area contributed by atoms with Crippen molar-refractivity contribution in [2.75, 3.05) is 0 Å². The minimum absolute atomic E-state index is 0.248. The molecule has 0 aliphatic rings. The summed E-state index contributed by atoms with van der Waals surface area (Å²) in [5.74, 6) is 0.126. The molecule has 0 aliphatic heterocycles. The maximum atomic E-state index is 12.3. The highest BCUT2D eigenvalue weighted by Gasteiger charge is 2.18. The largest absolute Gasteiger partial charge is 0.443 e. The van der Waals surface area contributed by atoms with Crippen LogP contribution in [0.4, 0.5) is 0 Å². The Hall–Kier alpha value is -2.59. The van der Waals surface area contributed by atoms with E-state index in [-0.39, 0.29) is 11.6 Å². The molecule has 1 N–H and O–H groups in total. The quantitative estimate of drug-likeness (QED) is 0.794. The number of rotatable bonds is 4. The molecule has 0 aliphatic carbocycles. The molecule has 0 atom stereocenters. The molecule has 0 saturated carbocycles. The third kappa shape index (κ3) is 3.18. The Kier molecular flexibility index (Phi) is 4.21. The van der Waals surface area contributed by atoms with E-state index < -0.39 is 0 Å². The number of nitrogens with zero attached hydrogens (tertiary/aromatic N) is 1. The minimum Gasteiger partial charge on any atom is -0.443 e. The molecule has 0 fully saturated rings. The van der Waals surface area contributed by atoms with Gasteiger partial charge in [-0.05, 0) is 17.7 Å². The average Bonchev–Trinajstić information content (AvgIpc) is 3.03. The Bertz CT molecular complexity index is 784. The number of aromatic nitrogens is 1. The van der Waals surface area contributed by atoms with Crippen molar-refractivity contribution < 1.29 is 9.21 Å². The first-order valence-electron chi connectivity index (χ1n) is 6.75. The molecule has 0 saturated heterocycles. The van der Waals surface area contributed by atoms with Crippen molar-refractivity contribution in [3.63, 3.8) is 0 Å². The third-order valence-corrected chi connectivity index (χ3v) is 3.40. The van der Waals surface area contributed by atoms with E-state index in [2.05, 4.69) is 10.3 Å². The molecular weight excluding hydrogens is 300 g/mol. The maximum Gasteiger partial charge on any atom is 0.274 e. The van der Waals surface area contributed by atoms with Crippen LogP contribution >= 0.6 is 11.6 Å². The Labute approximate surface area is 132 Å². The number of carbonyl (C=O) groups is 1. The van der Waals surface area contributed by atoms with E-state index in [0.717, 1.165) is 11.1 Å². The van der Waals surface area contributed by atoms with Crippen molar-refractivity contribution in [2.24, 2.45) is 0 Å². The lowest BCUT2D eigenvalue weighted by molar-refractivity contribution is 0.0947. The van der Waals surface area contributed by atoms with Crippen molar-refractivity contribution >= 4 is 17.5 Å². The summed E-state index contributed by atoms with van der Waals surface area (Å²) >= 11 is 5.97. The topological polar surface area (TPSA) is 55.1 Å². The van der Waals surface area contributed by atoms with Gasteiger partial charge in [0.2, 0.25) is 0 Å². The molecule has 22 heavy (non-hydrogen) atoms. The second kappa shape index (κ2) is 6.45. The highest BCUT2D eigenvalue weighted by molar-refractivity contribution is 6.30. The molecule has 0 unspecified atom stereocenters. The summed E-state index contributed by atoms with van der Waals surface area (Å²) in [4.78, 5) is 16.3. The molecule has 1 amide bonds. The molecule has 3 aromatic rings. The number of carbonyl (C=O) groups excluding carboxylic acids is 1. The second-order valence-electron chi connectivity index (χ2n) is 4.71. The molecule has 1 aromatic heterocycles. The molecule has 3 rings (SSSR count). The first kappa shape index (κ1) is 14.4. The number of amides is 1. The fraction of sp³-hybridized carbons (Fsp3) is 0.0588. The van der Waals surface area contributed by atoms with Gasteiger partial charge in [-0.1, -0.05) is 54.1 Å². The van der Waals surface area contributed by atoms with Crippen molar-refractivity contribution in [2.45, 2.75) is 6.54 Å². The normalized spacial score (nSPS) is 10.4. The zero-order valence-electron chi connectivity index (χ0n) is 11.6. The van der Waals surface area contributed by atoms with Gasteiger partial charge in [-0.2, -0.15) is 0 Å². The number of oxazole rings is 1. The van der Waals surface area contributed by atoms with Crippen LogP contribution in [0.5, 0.6) is 0 Å². The Balaban J connectivity index is 1.78. The molecule has 1 heterocycles. The minimum atomic E-state index is -0.285. The van der Waals surface area contributed by atoms with Gasteiger partial charge in [0.05, 0.1) is 0 Å². The summed E-state index contributed by atoms with van der Waals surface area (Å²) in [7, 11) is 0. The fourth-order valence-corrected chi connectivity index (χ4v) is 2.29. The van der Waals surface area contributed by atoms with Crippen LogP contribution in [0.15, 0.2) is 65.4 Å². The van der Waals surface area contributed by atoms with Crippen LogP contribution in [0, 0.1) is 0 Å². The first-order valence-corrected chi connectivity index (χ1v) is 7.13. The molecule has 4 nitrogen and oxygen atoms in total. The van der Waals surface area contributed by atoms with Crippen LogP contribution in [0.25, 0.3) is 11.3 Å². The SMILES string of the molecule is O=C(NCc1ccccc1)c1ncoc1-c1cccc(Cl)c1. The van der Waals surface area contributed by atoms with E-state index in [4.69, 9.17) is 16.0 Å². The highest BCUT2D eigenvalue weighted by Crippen LogP contribution is 2.25. The molecule has 0 spiro atoms. The molecule has 0 radical (unpaired) electrons. The van der Waals surface area contributed by atoms with Crippen molar-refractivity contribution in [1.82, 2.24) is 10.3 Å². The van der Waals surface area contributed by atoms with Gasteiger partial charge < -0.3 is 9.73 Å². The summed E-state index contributed by atoms with van der Waals surface area (Å²) in [6.45, 7) is 0.432. The van der Waals surface area contributed by atoms with E-state index in [1.165, 1.54) is 6.39 Å². The molecule has 5 heteroatoms. The summed E-state index contributed by atoms with van der Waals surface area (Å²) in [5.41, 5.74) is 1.98. The monoisotopic (exact) mass is 312 g/mol. The van der Waals surface area contributed by atoms with E-state index in [1.807, 2.05) is 36.4 Å².